The molecule has 3 aromatic heterocycles. The predicted octanol–water partition coefficient (Wildman–Crippen LogP) is 5.17. The highest BCUT2D eigenvalue weighted by molar-refractivity contribution is 7.18. The van der Waals surface area contributed by atoms with Crippen molar-refractivity contribution in [3.8, 4) is 5.88 Å². The summed E-state index contributed by atoms with van der Waals surface area (Å²) in [5.74, 6) is 0.594. The maximum Gasteiger partial charge on any atom is 0.218 e. The third-order valence-corrected chi connectivity index (χ3v) is 5.84. The number of thiophene rings is 1. The van der Waals surface area contributed by atoms with Crippen LogP contribution in [0.1, 0.15) is 23.3 Å². The van der Waals surface area contributed by atoms with Gasteiger partial charge in [-0.15, -0.1) is 21.6 Å². The van der Waals surface area contributed by atoms with Crippen molar-refractivity contribution >= 4 is 44.0 Å². The Morgan fingerprint density at radius 2 is 1.96 bits per heavy atom. The van der Waals surface area contributed by atoms with Crippen molar-refractivity contribution in [1.29, 1.82) is 0 Å². The molecule has 25 heavy (non-hydrogen) atoms. The number of rotatable bonds is 2. The van der Waals surface area contributed by atoms with Crippen LogP contribution in [0.15, 0.2) is 40.8 Å². The normalized spacial score (nSPS) is 14.6. The average molecular weight is 349 g/mol. The number of aromatic hydroxyl groups is 1. The maximum atomic E-state index is 10.1. The fraction of sp³-hybridized carbons (Fsp3) is 0.222. The number of hydrogen-bond donors (Lipinski definition) is 2. The SMILES string of the molecule is Oc1[nH]c2ccccc2c1N=Nc1ncnc2sc3c(c12)CCCC3. The molecule has 0 spiro atoms. The van der Waals surface area contributed by atoms with Crippen molar-refractivity contribution < 1.29 is 5.11 Å². The van der Waals surface area contributed by atoms with Crippen LogP contribution in [0, 0.1) is 0 Å². The van der Waals surface area contributed by atoms with Crippen LogP contribution in [0.2, 0.25) is 0 Å². The lowest BCUT2D eigenvalue weighted by atomic mass is 9.97. The number of aryl methyl sites for hydroxylation is 2. The van der Waals surface area contributed by atoms with Gasteiger partial charge in [-0.25, -0.2) is 9.97 Å². The molecule has 1 aromatic carbocycles. The van der Waals surface area contributed by atoms with Crippen molar-refractivity contribution in [2.75, 3.05) is 0 Å². The molecule has 0 atom stereocenters. The van der Waals surface area contributed by atoms with E-state index in [4.69, 9.17) is 0 Å². The predicted molar refractivity (Wildman–Crippen MR) is 98.2 cm³/mol. The molecule has 0 aliphatic heterocycles. The van der Waals surface area contributed by atoms with Crippen LogP contribution in [0.25, 0.3) is 21.1 Å². The molecule has 6 nitrogen and oxygen atoms in total. The van der Waals surface area contributed by atoms with E-state index >= 15 is 0 Å². The molecule has 0 fully saturated rings. The quantitative estimate of drug-likeness (QED) is 0.489. The van der Waals surface area contributed by atoms with Gasteiger partial charge in [-0.1, -0.05) is 18.2 Å². The first-order valence-corrected chi connectivity index (χ1v) is 9.09. The van der Waals surface area contributed by atoms with Gasteiger partial charge in [0.15, 0.2) is 11.5 Å². The summed E-state index contributed by atoms with van der Waals surface area (Å²) in [5.41, 5.74) is 2.59. The largest absolute Gasteiger partial charge is 0.493 e. The van der Waals surface area contributed by atoms with Crippen LogP contribution in [-0.2, 0) is 12.8 Å². The number of nitrogens with zero attached hydrogens (tertiary/aromatic N) is 4. The highest BCUT2D eigenvalue weighted by atomic mass is 32.1. The van der Waals surface area contributed by atoms with Crippen LogP contribution in [0.4, 0.5) is 11.5 Å². The van der Waals surface area contributed by atoms with E-state index in [1.54, 1.807) is 11.3 Å². The number of azo groups is 1. The highest BCUT2D eigenvalue weighted by Crippen LogP contribution is 2.40. The Balaban J connectivity index is 1.65. The zero-order valence-corrected chi connectivity index (χ0v) is 14.2. The molecule has 4 aromatic rings. The molecule has 0 bridgehead atoms. The van der Waals surface area contributed by atoms with Crippen LogP contribution >= 0.6 is 11.3 Å². The van der Waals surface area contributed by atoms with Crippen LogP contribution in [-0.4, -0.2) is 20.1 Å². The van der Waals surface area contributed by atoms with Gasteiger partial charge in [0.2, 0.25) is 5.88 Å². The van der Waals surface area contributed by atoms with Crippen molar-refractivity contribution in [3.63, 3.8) is 0 Å². The van der Waals surface area contributed by atoms with Gasteiger partial charge in [-0.3, -0.25) is 0 Å². The Bertz CT molecular complexity index is 1130. The molecule has 7 heteroatoms. The molecule has 124 valence electrons. The van der Waals surface area contributed by atoms with E-state index in [1.807, 2.05) is 24.3 Å². The lowest BCUT2D eigenvalue weighted by Crippen LogP contribution is -1.98. The molecule has 0 unspecified atom stereocenters. The minimum atomic E-state index is 0.0163. The van der Waals surface area contributed by atoms with Gasteiger partial charge >= 0.3 is 0 Å². The second kappa shape index (κ2) is 5.63. The van der Waals surface area contributed by atoms with E-state index in [-0.39, 0.29) is 5.88 Å². The number of aromatic amines is 1. The topological polar surface area (TPSA) is 86.5 Å². The summed E-state index contributed by atoms with van der Waals surface area (Å²) in [4.78, 5) is 14.0. The number of benzene rings is 1. The van der Waals surface area contributed by atoms with E-state index in [0.29, 0.717) is 11.5 Å². The molecule has 0 saturated carbocycles. The average Bonchev–Trinajstić information content (AvgIpc) is 3.17. The highest BCUT2D eigenvalue weighted by Gasteiger charge is 2.20. The molecule has 2 N–H and O–H groups in total. The standard InChI is InChI=1S/C18H15N5OS/c24-17-15(10-5-1-3-7-12(10)21-17)22-23-16-14-11-6-2-4-8-13(11)25-18(14)20-9-19-16/h1,3,5,7,9,21,24H,2,4,6,8H2. The van der Waals surface area contributed by atoms with Crippen molar-refractivity contribution in [3.05, 3.63) is 41.0 Å². The summed E-state index contributed by atoms with van der Waals surface area (Å²) in [6, 6.07) is 7.62. The number of para-hydroxylation sites is 1. The van der Waals surface area contributed by atoms with Gasteiger partial charge in [0, 0.05) is 10.3 Å². The van der Waals surface area contributed by atoms with Crippen LogP contribution in [0.5, 0.6) is 5.88 Å². The summed E-state index contributed by atoms with van der Waals surface area (Å²) < 4.78 is 0. The van der Waals surface area contributed by atoms with Gasteiger partial charge in [-0.2, -0.15) is 0 Å². The van der Waals surface area contributed by atoms with Crippen molar-refractivity contribution in [1.82, 2.24) is 15.0 Å². The fourth-order valence-corrected chi connectivity index (χ4v) is 4.68. The van der Waals surface area contributed by atoms with E-state index in [9.17, 15) is 5.11 Å². The van der Waals surface area contributed by atoms with Gasteiger partial charge in [-0.05, 0) is 37.3 Å². The molecule has 1 aliphatic rings. The molecule has 1 aliphatic carbocycles. The summed E-state index contributed by atoms with van der Waals surface area (Å²) in [6.07, 6.45) is 6.11. The van der Waals surface area contributed by atoms with E-state index in [1.165, 1.54) is 29.6 Å². The Hall–Kier alpha value is -2.80. The maximum absolute atomic E-state index is 10.1. The molecule has 0 saturated heterocycles. The van der Waals surface area contributed by atoms with E-state index in [2.05, 4.69) is 25.2 Å². The molecular formula is C18H15N5OS. The first-order valence-electron chi connectivity index (χ1n) is 8.28. The minimum Gasteiger partial charge on any atom is -0.493 e. The Labute approximate surface area is 147 Å². The number of hydrogen-bond acceptors (Lipinski definition) is 6. The summed E-state index contributed by atoms with van der Waals surface area (Å²) in [5, 5.41) is 20.7. The van der Waals surface area contributed by atoms with Crippen molar-refractivity contribution in [2.24, 2.45) is 10.2 Å². The fourth-order valence-electron chi connectivity index (χ4n) is 3.46. The summed E-state index contributed by atoms with van der Waals surface area (Å²) >= 11 is 1.73. The van der Waals surface area contributed by atoms with Crippen molar-refractivity contribution in [2.45, 2.75) is 25.7 Å². The zero-order valence-electron chi connectivity index (χ0n) is 13.4. The van der Waals surface area contributed by atoms with Crippen LogP contribution in [0.3, 0.4) is 0 Å². The third kappa shape index (κ3) is 2.31. The summed E-state index contributed by atoms with van der Waals surface area (Å²) in [7, 11) is 0. The minimum absolute atomic E-state index is 0.0163. The Morgan fingerprint density at radius 3 is 2.92 bits per heavy atom. The second-order valence-electron chi connectivity index (χ2n) is 6.16. The molecule has 0 radical (unpaired) electrons. The number of nitrogens with one attached hydrogen (secondary N) is 1. The van der Waals surface area contributed by atoms with Gasteiger partial charge in [0.1, 0.15) is 11.2 Å². The molecule has 0 amide bonds. The van der Waals surface area contributed by atoms with Gasteiger partial charge in [0.05, 0.1) is 10.9 Å². The van der Waals surface area contributed by atoms with Crippen LogP contribution < -0.4 is 0 Å². The van der Waals surface area contributed by atoms with E-state index in [0.717, 1.165) is 34.0 Å². The molecular weight excluding hydrogens is 334 g/mol. The Kier molecular flexibility index (Phi) is 3.27. The zero-order chi connectivity index (χ0) is 16.8. The molecule has 3 heterocycles. The first kappa shape index (κ1) is 14.5. The number of fused-ring (bicyclic) bond motifs is 4. The monoisotopic (exact) mass is 349 g/mol. The molecule has 5 rings (SSSR count). The van der Waals surface area contributed by atoms with E-state index < -0.39 is 0 Å². The third-order valence-electron chi connectivity index (χ3n) is 4.64. The van der Waals surface area contributed by atoms with Gasteiger partial charge < -0.3 is 10.1 Å². The first-order chi connectivity index (χ1) is 12.3. The smallest absolute Gasteiger partial charge is 0.218 e. The Morgan fingerprint density at radius 1 is 1.08 bits per heavy atom. The number of H-pyrrole nitrogens is 1. The second-order valence-corrected chi connectivity index (χ2v) is 7.24. The number of aromatic nitrogens is 3. The lowest BCUT2D eigenvalue weighted by Gasteiger charge is -2.10. The summed E-state index contributed by atoms with van der Waals surface area (Å²) in [6.45, 7) is 0. The lowest BCUT2D eigenvalue weighted by molar-refractivity contribution is 0.459. The van der Waals surface area contributed by atoms with Gasteiger partial charge in [0.25, 0.3) is 0 Å².